The van der Waals surface area contributed by atoms with E-state index in [1.165, 1.54) is 0 Å². The fraction of sp³-hybridized carbons (Fsp3) is 1.00. The van der Waals surface area contributed by atoms with Gasteiger partial charge < -0.3 is 9.20 Å². The Morgan fingerprint density at radius 1 is 1.07 bits per heavy atom. The number of hydrogen-bond donors (Lipinski definition) is 1. The third-order valence-corrected chi connectivity index (χ3v) is 6.68. The van der Waals surface area contributed by atoms with Crippen molar-refractivity contribution in [3.05, 3.63) is 0 Å². The van der Waals surface area contributed by atoms with E-state index in [1.54, 1.807) is 0 Å². The van der Waals surface area contributed by atoms with E-state index in [9.17, 15) is 4.89 Å². The molecule has 0 aliphatic heterocycles. The smallest absolute Gasteiger partial charge is 0.179 e. The van der Waals surface area contributed by atoms with Crippen molar-refractivity contribution in [1.82, 2.24) is 0 Å². The van der Waals surface area contributed by atoms with Crippen LogP contribution in [0.4, 0.5) is 0 Å². The molecule has 0 rings (SSSR count). The van der Waals surface area contributed by atoms with E-state index in [0.29, 0.717) is 8.81 Å². The maximum Gasteiger partial charge on any atom is 0.179 e. The van der Waals surface area contributed by atoms with Gasteiger partial charge in [-0.3, -0.25) is 4.31 Å². The average Bonchev–Trinajstić information content (AvgIpc) is 2.18. The largest absolute Gasteiger partial charge is 0.350 e. The van der Waals surface area contributed by atoms with Crippen molar-refractivity contribution in [2.45, 2.75) is 40.0 Å². The summed E-state index contributed by atoms with van der Waals surface area (Å²) in [7, 11) is -1.55. The molecule has 3 nitrogen and oxygen atoms in total. The summed E-state index contributed by atoms with van der Waals surface area (Å²) in [5, 5.41) is 0. The summed E-state index contributed by atoms with van der Waals surface area (Å²) < 4.78 is 11.2. The van der Waals surface area contributed by atoms with Crippen LogP contribution < -0.4 is 0 Å². The van der Waals surface area contributed by atoms with Gasteiger partial charge in [0.15, 0.2) is 16.8 Å². The maximum atomic E-state index is 9.58. The number of hydrogen-bond acceptors (Lipinski definition) is 3. The van der Waals surface area contributed by atoms with Gasteiger partial charge in [-0.1, -0.05) is 27.2 Å². The van der Waals surface area contributed by atoms with Crippen molar-refractivity contribution in [1.29, 1.82) is 0 Å². The van der Waals surface area contributed by atoms with E-state index >= 15 is 0 Å². The van der Waals surface area contributed by atoms with Crippen LogP contribution in [0, 0.1) is 0 Å². The molecule has 3 unspecified atom stereocenters. The van der Waals surface area contributed by atoms with E-state index in [4.69, 9.17) is 8.62 Å². The Morgan fingerprint density at radius 2 is 1.73 bits per heavy atom. The van der Waals surface area contributed by atoms with Crippen LogP contribution in [0.25, 0.3) is 0 Å². The molecular formula is C9H23O3P3. The fourth-order valence-corrected chi connectivity index (χ4v) is 5.03. The fourth-order valence-electron chi connectivity index (χ4n) is 0.843. The van der Waals surface area contributed by atoms with Crippen LogP contribution in [0.5, 0.6) is 0 Å². The highest BCUT2D eigenvalue weighted by atomic mass is 31.2. The first-order valence-corrected chi connectivity index (χ1v) is 9.43. The van der Waals surface area contributed by atoms with Crippen LogP contribution in [0.2, 0.25) is 0 Å². The lowest BCUT2D eigenvalue weighted by molar-refractivity contribution is 0.473. The molecule has 0 spiro atoms. The Morgan fingerprint density at radius 3 is 2.27 bits per heavy atom. The van der Waals surface area contributed by atoms with Gasteiger partial charge in [-0.05, 0) is 19.0 Å². The van der Waals surface area contributed by atoms with E-state index in [-0.39, 0.29) is 0 Å². The molecule has 3 atom stereocenters. The summed E-state index contributed by atoms with van der Waals surface area (Å²) in [6.45, 7) is 6.32. The van der Waals surface area contributed by atoms with Gasteiger partial charge in [0, 0.05) is 21.1 Å². The quantitative estimate of drug-likeness (QED) is 0.471. The standard InChI is InChI=1S/C9H23O3P3/c1-4-7-13-11-15(9-6-3)12-14(10)8-5-2/h10,13H,4-9H2,1-3H3. The highest BCUT2D eigenvalue weighted by molar-refractivity contribution is 7.63. The molecule has 0 aromatic carbocycles. The highest BCUT2D eigenvalue weighted by Crippen LogP contribution is 2.55. The molecule has 92 valence electrons. The summed E-state index contributed by atoms with van der Waals surface area (Å²) >= 11 is 0. The second-order valence-electron chi connectivity index (χ2n) is 3.20. The molecule has 15 heavy (non-hydrogen) atoms. The molecule has 0 bridgehead atoms. The normalized spacial score (nSPS) is 16.0. The molecular weight excluding hydrogens is 249 g/mol. The Hall–Kier alpha value is 1.17. The first-order valence-electron chi connectivity index (χ1n) is 5.56. The van der Waals surface area contributed by atoms with Gasteiger partial charge in [0.2, 0.25) is 0 Å². The summed E-state index contributed by atoms with van der Waals surface area (Å²) in [6, 6.07) is 0. The van der Waals surface area contributed by atoms with Crippen LogP contribution in [-0.2, 0) is 8.62 Å². The van der Waals surface area contributed by atoms with Crippen molar-refractivity contribution in [2.24, 2.45) is 0 Å². The third kappa shape index (κ3) is 10.1. The average molecular weight is 272 g/mol. The van der Waals surface area contributed by atoms with Gasteiger partial charge in [0.1, 0.15) is 0 Å². The van der Waals surface area contributed by atoms with Gasteiger partial charge >= 0.3 is 0 Å². The van der Waals surface area contributed by atoms with Crippen molar-refractivity contribution in [3.8, 4) is 0 Å². The van der Waals surface area contributed by atoms with Crippen molar-refractivity contribution >= 4 is 25.6 Å². The predicted octanol–water partition coefficient (Wildman–Crippen LogP) is 4.46. The minimum atomic E-state index is -1.24. The van der Waals surface area contributed by atoms with E-state index in [2.05, 4.69) is 20.8 Å². The summed E-state index contributed by atoms with van der Waals surface area (Å²) in [5.41, 5.74) is 0. The molecule has 1 N–H and O–H groups in total. The monoisotopic (exact) mass is 272 g/mol. The zero-order chi connectivity index (χ0) is 11.5. The SMILES string of the molecule is CCCPOP(CCC)OP(O)CCC. The molecule has 0 radical (unpaired) electrons. The minimum absolute atomic E-state index is 0.527. The van der Waals surface area contributed by atoms with Crippen LogP contribution >= 0.6 is 25.6 Å². The van der Waals surface area contributed by atoms with Gasteiger partial charge in [0.05, 0.1) is 0 Å². The second-order valence-corrected chi connectivity index (χ2v) is 7.64. The van der Waals surface area contributed by atoms with Gasteiger partial charge in [-0.25, -0.2) is 0 Å². The van der Waals surface area contributed by atoms with E-state index < -0.39 is 16.8 Å². The second kappa shape index (κ2) is 11.6. The van der Waals surface area contributed by atoms with Crippen LogP contribution in [0.1, 0.15) is 40.0 Å². The minimum Gasteiger partial charge on any atom is -0.350 e. The Labute approximate surface area is 98.0 Å². The summed E-state index contributed by atoms with van der Waals surface area (Å²) in [6.07, 6.45) is 5.97. The van der Waals surface area contributed by atoms with Crippen molar-refractivity contribution in [2.75, 3.05) is 18.5 Å². The predicted molar refractivity (Wildman–Crippen MR) is 72.0 cm³/mol. The lowest BCUT2D eigenvalue weighted by Crippen LogP contribution is -1.90. The van der Waals surface area contributed by atoms with Crippen molar-refractivity contribution < 1.29 is 13.5 Å². The van der Waals surface area contributed by atoms with Gasteiger partial charge in [-0.15, -0.1) is 0 Å². The number of rotatable bonds is 10. The Kier molecular flexibility index (Phi) is 12.6. The lowest BCUT2D eigenvalue weighted by Gasteiger charge is -2.19. The van der Waals surface area contributed by atoms with Crippen LogP contribution in [0.15, 0.2) is 0 Å². The van der Waals surface area contributed by atoms with E-state index in [0.717, 1.165) is 37.7 Å². The Balaban J connectivity index is 3.70. The first kappa shape index (κ1) is 16.2. The molecule has 6 heteroatoms. The molecule has 0 saturated carbocycles. The molecule has 0 aliphatic rings. The molecule has 0 aliphatic carbocycles. The summed E-state index contributed by atoms with van der Waals surface area (Å²) in [5.74, 6) is 0. The molecule has 0 heterocycles. The summed E-state index contributed by atoms with van der Waals surface area (Å²) in [4.78, 5) is 9.58. The highest BCUT2D eigenvalue weighted by Gasteiger charge is 2.15. The van der Waals surface area contributed by atoms with Crippen molar-refractivity contribution in [3.63, 3.8) is 0 Å². The third-order valence-electron chi connectivity index (χ3n) is 1.52. The molecule has 0 aromatic heterocycles. The van der Waals surface area contributed by atoms with Gasteiger partial charge in [0.25, 0.3) is 0 Å². The Bertz CT molecular complexity index is 138. The van der Waals surface area contributed by atoms with Gasteiger partial charge in [-0.2, -0.15) is 0 Å². The lowest BCUT2D eigenvalue weighted by atomic mass is 10.6. The van der Waals surface area contributed by atoms with Crippen LogP contribution in [0.3, 0.4) is 0 Å². The zero-order valence-electron chi connectivity index (χ0n) is 9.90. The zero-order valence-corrected chi connectivity index (χ0v) is 12.7. The topological polar surface area (TPSA) is 38.7 Å². The molecule has 0 fully saturated rings. The van der Waals surface area contributed by atoms with Crippen LogP contribution in [-0.4, -0.2) is 23.4 Å². The maximum absolute atomic E-state index is 9.58. The molecule has 0 saturated heterocycles. The molecule has 0 aromatic rings. The van der Waals surface area contributed by atoms with E-state index in [1.807, 2.05) is 0 Å². The first-order chi connectivity index (χ1) is 7.24. The molecule has 0 amide bonds.